The van der Waals surface area contributed by atoms with E-state index >= 15 is 0 Å². The second-order valence-electron chi connectivity index (χ2n) is 6.29. The normalized spacial score (nSPS) is 13.9. The summed E-state index contributed by atoms with van der Waals surface area (Å²) in [6.45, 7) is 2.05. The third kappa shape index (κ3) is 6.52. The number of nitrogens with two attached hydrogens (primary N) is 1. The molecule has 1 heterocycles. The first-order valence-electron chi connectivity index (χ1n) is 8.70. The second-order valence-corrected chi connectivity index (χ2v) is 7.21. The minimum absolute atomic E-state index is 0.360. The second kappa shape index (κ2) is 10.6. The summed E-state index contributed by atoms with van der Waals surface area (Å²) in [5.74, 6) is 0. The summed E-state index contributed by atoms with van der Waals surface area (Å²) in [5, 5.41) is 17.0. The molecule has 0 aromatic heterocycles. The van der Waals surface area contributed by atoms with Crippen LogP contribution in [0.15, 0.2) is 53.0 Å². The quantitative estimate of drug-likeness (QED) is 0.822. The first-order chi connectivity index (χ1) is 12.6. The number of benzene rings is 2. The highest BCUT2D eigenvalue weighted by Crippen LogP contribution is 2.20. The van der Waals surface area contributed by atoms with Crippen LogP contribution in [0.3, 0.4) is 0 Å². The van der Waals surface area contributed by atoms with E-state index in [-0.39, 0.29) is 0 Å². The molecule has 0 unspecified atom stereocenters. The van der Waals surface area contributed by atoms with E-state index in [1.807, 2.05) is 36.4 Å². The Morgan fingerprint density at radius 2 is 1.54 bits per heavy atom. The molecule has 1 fully saturated rings. The van der Waals surface area contributed by atoms with E-state index in [2.05, 4.69) is 45.1 Å². The van der Waals surface area contributed by atoms with Gasteiger partial charge in [0, 0.05) is 29.3 Å². The Kier molecular flexibility index (Phi) is 8.15. The maximum absolute atomic E-state index is 8.68. The average molecular weight is 411 g/mol. The summed E-state index contributed by atoms with van der Waals surface area (Å²) in [6, 6.07) is 20.6. The van der Waals surface area contributed by atoms with Crippen molar-refractivity contribution in [3.05, 3.63) is 64.1 Å². The average Bonchev–Trinajstić information content (AvgIpc) is 2.64. The van der Waals surface area contributed by atoms with Crippen LogP contribution >= 0.6 is 15.9 Å². The zero-order chi connectivity index (χ0) is 18.8. The molecule has 26 heavy (non-hydrogen) atoms. The highest BCUT2D eigenvalue weighted by Gasteiger charge is 2.16. The molecule has 0 aliphatic carbocycles. The summed E-state index contributed by atoms with van der Waals surface area (Å²) in [5.41, 5.74) is 9.25. The van der Waals surface area contributed by atoms with E-state index in [0.717, 1.165) is 41.5 Å². The Morgan fingerprint density at radius 1 is 0.962 bits per heavy atom. The zero-order valence-electron chi connectivity index (χ0n) is 14.7. The third-order valence-corrected chi connectivity index (χ3v) is 4.76. The van der Waals surface area contributed by atoms with Gasteiger partial charge >= 0.3 is 0 Å². The van der Waals surface area contributed by atoms with Gasteiger partial charge in [0.2, 0.25) is 0 Å². The lowest BCUT2D eigenvalue weighted by Crippen LogP contribution is -2.39. The minimum atomic E-state index is 0.360. The van der Waals surface area contributed by atoms with Crippen molar-refractivity contribution in [2.75, 3.05) is 18.0 Å². The van der Waals surface area contributed by atoms with Gasteiger partial charge in [-0.1, -0.05) is 40.2 Å². The molecule has 0 radical (unpaired) electrons. The van der Waals surface area contributed by atoms with Gasteiger partial charge in [0.05, 0.1) is 25.0 Å². The molecule has 1 aliphatic rings. The number of nitriles is 2. The van der Waals surface area contributed by atoms with Crippen LogP contribution in [0.5, 0.6) is 0 Å². The highest BCUT2D eigenvalue weighted by molar-refractivity contribution is 9.10. The molecular weight excluding hydrogens is 388 g/mol. The van der Waals surface area contributed by atoms with Gasteiger partial charge in [-0.3, -0.25) is 0 Å². The van der Waals surface area contributed by atoms with Crippen molar-refractivity contribution >= 4 is 21.6 Å². The fourth-order valence-corrected chi connectivity index (χ4v) is 3.30. The monoisotopic (exact) mass is 410 g/mol. The van der Waals surface area contributed by atoms with E-state index in [1.54, 1.807) is 0 Å². The van der Waals surface area contributed by atoms with Crippen molar-refractivity contribution in [2.24, 2.45) is 5.73 Å². The van der Waals surface area contributed by atoms with Crippen LogP contribution in [0.4, 0.5) is 5.69 Å². The molecule has 5 heteroatoms. The van der Waals surface area contributed by atoms with Gasteiger partial charge in [0.25, 0.3) is 0 Å². The van der Waals surface area contributed by atoms with Crippen molar-refractivity contribution in [1.29, 1.82) is 10.5 Å². The molecule has 4 nitrogen and oxygen atoms in total. The smallest absolute Gasteiger partial charge is 0.0669 e. The van der Waals surface area contributed by atoms with Crippen LogP contribution in [0, 0.1) is 22.7 Å². The van der Waals surface area contributed by atoms with Crippen LogP contribution in [0.25, 0.3) is 0 Å². The Bertz CT molecular complexity index is 783. The number of hydrogen-bond acceptors (Lipinski definition) is 4. The topological polar surface area (TPSA) is 76.8 Å². The summed E-state index contributed by atoms with van der Waals surface area (Å²) < 4.78 is 1.03. The number of nitrogens with zero attached hydrogens (tertiary/aromatic N) is 3. The summed E-state index contributed by atoms with van der Waals surface area (Å²) in [6.07, 6.45) is 3.09. The van der Waals surface area contributed by atoms with Gasteiger partial charge in [-0.15, -0.1) is 0 Å². The van der Waals surface area contributed by atoms with Gasteiger partial charge in [0.1, 0.15) is 0 Å². The van der Waals surface area contributed by atoms with Crippen LogP contribution in [0.1, 0.15) is 24.0 Å². The molecular formula is C21H23BrN4. The molecule has 0 spiro atoms. The van der Waals surface area contributed by atoms with E-state index in [0.29, 0.717) is 18.9 Å². The number of hydrogen-bond donors (Lipinski definition) is 1. The number of halogens is 1. The number of piperidine rings is 1. The number of rotatable bonds is 3. The molecule has 3 rings (SSSR count). The van der Waals surface area contributed by atoms with E-state index in [4.69, 9.17) is 16.3 Å². The Labute approximate surface area is 164 Å². The molecule has 134 valence electrons. The Balaban J connectivity index is 0.000000209. The lowest BCUT2D eigenvalue weighted by atomic mass is 10.0. The molecule has 2 N–H and O–H groups in total. The molecule has 0 amide bonds. The predicted molar refractivity (Wildman–Crippen MR) is 109 cm³/mol. The molecule has 0 atom stereocenters. The molecule has 1 saturated heterocycles. The summed E-state index contributed by atoms with van der Waals surface area (Å²) in [7, 11) is 0. The lowest BCUT2D eigenvalue weighted by molar-refractivity contribution is 0.501. The van der Waals surface area contributed by atoms with E-state index in [9.17, 15) is 0 Å². The van der Waals surface area contributed by atoms with Gasteiger partial charge in [0.15, 0.2) is 0 Å². The van der Waals surface area contributed by atoms with Crippen molar-refractivity contribution in [3.63, 3.8) is 0 Å². The summed E-state index contributed by atoms with van der Waals surface area (Å²) >= 11 is 3.32. The van der Waals surface area contributed by atoms with Crippen molar-refractivity contribution in [1.82, 2.24) is 0 Å². The largest absolute Gasteiger partial charge is 0.371 e. The zero-order valence-corrected chi connectivity index (χ0v) is 16.3. The van der Waals surface area contributed by atoms with Gasteiger partial charge in [-0.25, -0.2) is 0 Å². The third-order valence-electron chi connectivity index (χ3n) is 4.27. The molecule has 2 aromatic rings. The lowest BCUT2D eigenvalue weighted by Gasteiger charge is -2.32. The first kappa shape index (κ1) is 20.0. The van der Waals surface area contributed by atoms with Crippen LogP contribution in [0.2, 0.25) is 0 Å². The minimum Gasteiger partial charge on any atom is -0.371 e. The van der Waals surface area contributed by atoms with Crippen molar-refractivity contribution < 1.29 is 0 Å². The van der Waals surface area contributed by atoms with E-state index in [1.165, 1.54) is 5.69 Å². The van der Waals surface area contributed by atoms with Crippen LogP contribution in [-0.4, -0.2) is 19.1 Å². The Morgan fingerprint density at radius 3 is 2.12 bits per heavy atom. The standard InChI is InChI=1S/C13H17N3.C8H6BrN/c14-7-4-11-2-1-3-13(10-11)16-8-5-12(15)6-9-16;9-8-3-1-2-7(6-8)4-5-10/h1-3,10,12H,4-6,8-9,15H2;1-3,6H,4H2. The number of anilines is 1. The van der Waals surface area contributed by atoms with Crippen molar-refractivity contribution in [3.8, 4) is 12.1 Å². The van der Waals surface area contributed by atoms with Gasteiger partial charge < -0.3 is 10.6 Å². The molecule has 0 saturated carbocycles. The van der Waals surface area contributed by atoms with Crippen LogP contribution < -0.4 is 10.6 Å². The van der Waals surface area contributed by atoms with Crippen molar-refractivity contribution in [2.45, 2.75) is 31.7 Å². The fraction of sp³-hybridized carbons (Fsp3) is 0.333. The van der Waals surface area contributed by atoms with Crippen LogP contribution in [-0.2, 0) is 12.8 Å². The predicted octanol–water partition coefficient (Wildman–Crippen LogP) is 4.20. The SMILES string of the molecule is N#CCc1cccc(Br)c1.N#CCc1cccc(N2CCC(N)CC2)c1. The maximum atomic E-state index is 8.68. The molecule has 2 aromatic carbocycles. The van der Waals surface area contributed by atoms with Gasteiger partial charge in [-0.05, 0) is 48.2 Å². The fourth-order valence-electron chi connectivity index (χ4n) is 2.85. The van der Waals surface area contributed by atoms with Gasteiger partial charge in [-0.2, -0.15) is 10.5 Å². The summed E-state index contributed by atoms with van der Waals surface area (Å²) in [4.78, 5) is 2.35. The highest BCUT2D eigenvalue weighted by atomic mass is 79.9. The molecule has 1 aliphatic heterocycles. The van der Waals surface area contributed by atoms with E-state index < -0.39 is 0 Å². The molecule has 0 bridgehead atoms. The maximum Gasteiger partial charge on any atom is 0.0669 e. The first-order valence-corrected chi connectivity index (χ1v) is 9.49. The Hall–Kier alpha value is -2.34.